The van der Waals surface area contributed by atoms with Crippen molar-refractivity contribution in [2.75, 3.05) is 32.8 Å². The fourth-order valence-corrected chi connectivity index (χ4v) is 3.49. The number of nitrogens with zero attached hydrogens (tertiary/aromatic N) is 3. The number of furan rings is 1. The van der Waals surface area contributed by atoms with Gasteiger partial charge in [0, 0.05) is 37.2 Å². The Morgan fingerprint density at radius 2 is 2.14 bits per heavy atom. The Balaban J connectivity index is 1.54. The van der Waals surface area contributed by atoms with Crippen LogP contribution in [0.4, 0.5) is 5.69 Å². The summed E-state index contributed by atoms with van der Waals surface area (Å²) < 4.78 is 11.2. The minimum Gasteiger partial charge on any atom is -0.465 e. The van der Waals surface area contributed by atoms with Gasteiger partial charge in [-0.2, -0.15) is 5.10 Å². The molecule has 2 aromatic heterocycles. The second-order valence-electron chi connectivity index (χ2n) is 6.88. The summed E-state index contributed by atoms with van der Waals surface area (Å²) in [4.78, 5) is 25.5. The van der Waals surface area contributed by atoms with Crippen molar-refractivity contribution in [2.24, 2.45) is 0 Å². The van der Waals surface area contributed by atoms with E-state index in [1.165, 1.54) is 12.1 Å². The number of nitrogens with one attached hydrogen (secondary N) is 2. The molecule has 1 aliphatic rings. The number of nitro groups is 1. The van der Waals surface area contributed by atoms with Gasteiger partial charge in [0.1, 0.15) is 11.5 Å². The third-order valence-electron chi connectivity index (χ3n) is 5.00. The number of aryl methyl sites for hydroxylation is 1. The number of hydrogen-bond acceptors (Lipinski definition) is 7. The Morgan fingerprint density at radius 1 is 1.34 bits per heavy atom. The first-order chi connectivity index (χ1) is 14.0. The van der Waals surface area contributed by atoms with Crippen LogP contribution in [-0.4, -0.2) is 58.8 Å². The standard InChI is InChI=1S/C19H21N5O5/c1-12-2-5-17(29-12)16(23-6-8-28-9-7-23)11-20-19(25)18-14-10-13(24(26)27)3-4-15(14)21-22-18/h2-5,10,16H,6-9,11H2,1H3,(H,20,25)(H,21,22). The molecule has 0 saturated carbocycles. The smallest absolute Gasteiger partial charge is 0.272 e. The first-order valence-corrected chi connectivity index (χ1v) is 9.32. The predicted octanol–water partition coefficient (Wildman–Crippen LogP) is 2.18. The number of non-ortho nitro benzene ring substituents is 1. The van der Waals surface area contributed by atoms with Gasteiger partial charge in [-0.25, -0.2) is 0 Å². The Labute approximate surface area is 166 Å². The van der Waals surface area contributed by atoms with Crippen molar-refractivity contribution < 1.29 is 18.9 Å². The van der Waals surface area contributed by atoms with Crippen LogP contribution in [0.1, 0.15) is 28.1 Å². The molecule has 1 amide bonds. The summed E-state index contributed by atoms with van der Waals surface area (Å²) in [6, 6.07) is 7.93. The number of fused-ring (bicyclic) bond motifs is 1. The first kappa shape index (κ1) is 19.1. The van der Waals surface area contributed by atoms with E-state index in [2.05, 4.69) is 20.4 Å². The average molecular weight is 399 g/mol. The van der Waals surface area contributed by atoms with Gasteiger partial charge in [0.05, 0.1) is 29.7 Å². The summed E-state index contributed by atoms with van der Waals surface area (Å²) in [5.74, 6) is 1.17. The van der Waals surface area contributed by atoms with Gasteiger partial charge in [0.15, 0.2) is 5.69 Å². The van der Waals surface area contributed by atoms with Crippen molar-refractivity contribution in [3.8, 4) is 0 Å². The number of morpholine rings is 1. The highest BCUT2D eigenvalue weighted by Gasteiger charge is 2.26. The Hall–Kier alpha value is -3.24. The lowest BCUT2D eigenvalue weighted by molar-refractivity contribution is -0.384. The largest absolute Gasteiger partial charge is 0.465 e. The number of aromatic nitrogens is 2. The lowest BCUT2D eigenvalue weighted by Crippen LogP contribution is -2.43. The van der Waals surface area contributed by atoms with Crippen LogP contribution in [0.5, 0.6) is 0 Å². The highest BCUT2D eigenvalue weighted by atomic mass is 16.6. The maximum absolute atomic E-state index is 12.8. The van der Waals surface area contributed by atoms with Gasteiger partial charge >= 0.3 is 0 Å². The van der Waals surface area contributed by atoms with Gasteiger partial charge in [0.25, 0.3) is 11.6 Å². The number of hydrogen-bond donors (Lipinski definition) is 2. The van der Waals surface area contributed by atoms with E-state index in [1.54, 1.807) is 6.07 Å². The molecule has 0 spiro atoms. The molecular formula is C19H21N5O5. The minimum absolute atomic E-state index is 0.0924. The van der Waals surface area contributed by atoms with Crippen LogP contribution in [0.15, 0.2) is 34.7 Å². The van der Waals surface area contributed by atoms with Crippen LogP contribution in [-0.2, 0) is 4.74 Å². The molecule has 0 aliphatic carbocycles. The quantitative estimate of drug-likeness (QED) is 0.480. The topological polar surface area (TPSA) is 127 Å². The normalized spacial score (nSPS) is 16.0. The molecule has 1 atom stereocenters. The molecule has 2 N–H and O–H groups in total. The van der Waals surface area contributed by atoms with Crippen LogP contribution < -0.4 is 5.32 Å². The Bertz CT molecular complexity index is 1040. The lowest BCUT2D eigenvalue weighted by Gasteiger charge is -2.33. The molecular weight excluding hydrogens is 378 g/mol. The first-order valence-electron chi connectivity index (χ1n) is 9.32. The number of carbonyl (C=O) groups excluding carboxylic acids is 1. The summed E-state index contributed by atoms with van der Waals surface area (Å²) in [7, 11) is 0. The van der Waals surface area contributed by atoms with E-state index in [9.17, 15) is 14.9 Å². The van der Waals surface area contributed by atoms with E-state index in [1.807, 2.05) is 19.1 Å². The number of amides is 1. The van der Waals surface area contributed by atoms with Crippen LogP contribution in [0.3, 0.4) is 0 Å². The Kier molecular flexibility index (Phi) is 5.28. The number of benzene rings is 1. The van der Waals surface area contributed by atoms with Gasteiger partial charge in [-0.05, 0) is 25.1 Å². The second kappa shape index (κ2) is 8.02. The maximum Gasteiger partial charge on any atom is 0.272 e. The van der Waals surface area contributed by atoms with Crippen molar-refractivity contribution in [1.82, 2.24) is 20.4 Å². The summed E-state index contributed by atoms with van der Waals surface area (Å²) >= 11 is 0. The van der Waals surface area contributed by atoms with Gasteiger partial charge < -0.3 is 14.5 Å². The molecule has 152 valence electrons. The fraction of sp³-hybridized carbons (Fsp3) is 0.368. The number of ether oxygens (including phenoxy) is 1. The average Bonchev–Trinajstić information content (AvgIpc) is 3.34. The zero-order chi connectivity index (χ0) is 20.4. The van der Waals surface area contributed by atoms with Gasteiger partial charge in [-0.15, -0.1) is 0 Å². The SMILES string of the molecule is Cc1ccc(C(CNC(=O)c2n[nH]c3ccc([N+](=O)[O-])cc23)N2CCOCC2)o1. The van der Waals surface area contributed by atoms with E-state index in [-0.39, 0.29) is 17.4 Å². The molecule has 4 rings (SSSR count). The lowest BCUT2D eigenvalue weighted by atomic mass is 10.1. The fourth-order valence-electron chi connectivity index (χ4n) is 3.49. The molecule has 10 nitrogen and oxygen atoms in total. The molecule has 3 heterocycles. The van der Waals surface area contributed by atoms with Crippen LogP contribution in [0.2, 0.25) is 0 Å². The summed E-state index contributed by atoms with van der Waals surface area (Å²) in [6.45, 7) is 4.90. The third-order valence-corrected chi connectivity index (χ3v) is 5.00. The molecule has 0 radical (unpaired) electrons. The Morgan fingerprint density at radius 3 is 2.83 bits per heavy atom. The summed E-state index contributed by atoms with van der Waals surface area (Å²) in [6.07, 6.45) is 0. The molecule has 10 heteroatoms. The van der Waals surface area contributed by atoms with Crippen molar-refractivity contribution in [2.45, 2.75) is 13.0 Å². The number of rotatable bonds is 6. The van der Waals surface area contributed by atoms with E-state index < -0.39 is 10.8 Å². The highest BCUT2D eigenvalue weighted by molar-refractivity contribution is 6.05. The van der Waals surface area contributed by atoms with Crippen molar-refractivity contribution >= 4 is 22.5 Å². The van der Waals surface area contributed by atoms with Crippen LogP contribution in [0.25, 0.3) is 10.9 Å². The number of nitro benzene ring substituents is 1. The highest BCUT2D eigenvalue weighted by Crippen LogP contribution is 2.25. The van der Waals surface area contributed by atoms with E-state index in [0.717, 1.165) is 24.6 Å². The van der Waals surface area contributed by atoms with Gasteiger partial charge in [-0.3, -0.25) is 24.9 Å². The summed E-state index contributed by atoms with van der Waals surface area (Å²) in [5, 5.41) is 21.1. The predicted molar refractivity (Wildman–Crippen MR) is 104 cm³/mol. The third kappa shape index (κ3) is 3.98. The molecule has 29 heavy (non-hydrogen) atoms. The van der Waals surface area contributed by atoms with Crippen molar-refractivity contribution in [3.63, 3.8) is 0 Å². The van der Waals surface area contributed by atoms with Gasteiger partial charge in [0.2, 0.25) is 0 Å². The number of carbonyl (C=O) groups is 1. The molecule has 1 aromatic carbocycles. The molecule has 1 saturated heterocycles. The zero-order valence-electron chi connectivity index (χ0n) is 15.9. The maximum atomic E-state index is 12.8. The van der Waals surface area contributed by atoms with Crippen LogP contribution in [0, 0.1) is 17.0 Å². The monoisotopic (exact) mass is 399 g/mol. The molecule has 1 fully saturated rings. The molecule has 1 unspecified atom stereocenters. The van der Waals surface area contributed by atoms with Gasteiger partial charge in [-0.1, -0.05) is 0 Å². The molecule has 0 bridgehead atoms. The summed E-state index contributed by atoms with van der Waals surface area (Å²) in [5.41, 5.74) is 0.595. The number of aromatic amines is 1. The second-order valence-corrected chi connectivity index (χ2v) is 6.88. The van der Waals surface area contributed by atoms with E-state index in [4.69, 9.17) is 9.15 Å². The van der Waals surface area contributed by atoms with Crippen molar-refractivity contribution in [3.05, 3.63) is 57.7 Å². The zero-order valence-corrected chi connectivity index (χ0v) is 15.9. The van der Waals surface area contributed by atoms with E-state index >= 15 is 0 Å². The molecule has 3 aromatic rings. The van der Waals surface area contributed by atoms with E-state index in [0.29, 0.717) is 30.7 Å². The van der Waals surface area contributed by atoms with Crippen molar-refractivity contribution in [1.29, 1.82) is 0 Å². The molecule has 1 aliphatic heterocycles. The minimum atomic E-state index is -0.498. The number of H-pyrrole nitrogens is 1. The van der Waals surface area contributed by atoms with Crippen LogP contribution >= 0.6 is 0 Å².